The molecular weight excluding hydrogens is 258 g/mol. The van der Waals surface area contributed by atoms with Crippen LogP contribution in [0.3, 0.4) is 0 Å². The van der Waals surface area contributed by atoms with Crippen LogP contribution in [0.4, 0.5) is 5.69 Å². The number of aliphatic carboxylic acids is 1. The second kappa shape index (κ2) is 6.88. The van der Waals surface area contributed by atoms with Crippen molar-refractivity contribution in [2.45, 2.75) is 46.1 Å². The Hall–Kier alpha value is -2.11. The Morgan fingerprint density at radius 1 is 1.45 bits per heavy atom. The highest BCUT2D eigenvalue weighted by Gasteiger charge is 2.18. The molecule has 110 valence electrons. The lowest BCUT2D eigenvalue weighted by Crippen LogP contribution is -2.26. The Labute approximate surface area is 118 Å². The van der Waals surface area contributed by atoms with Gasteiger partial charge in [0.2, 0.25) is 0 Å². The number of carbonyl (C=O) groups is 2. The Kier molecular flexibility index (Phi) is 5.49. The molecule has 0 fully saturated rings. The number of carboxylic acid groups (broad SMARTS) is 1. The molecule has 0 bridgehead atoms. The van der Waals surface area contributed by atoms with Gasteiger partial charge in [-0.25, -0.2) is 0 Å². The largest absolute Gasteiger partial charge is 0.481 e. The van der Waals surface area contributed by atoms with Crippen molar-refractivity contribution in [3.8, 4) is 0 Å². The highest BCUT2D eigenvalue weighted by atomic mass is 16.4. The van der Waals surface area contributed by atoms with E-state index in [2.05, 4.69) is 10.3 Å². The molecule has 4 N–H and O–H groups in total. The number of carboxylic acids is 1. The molecule has 0 radical (unpaired) electrons. The summed E-state index contributed by atoms with van der Waals surface area (Å²) in [6, 6.07) is 1.48. The highest BCUT2D eigenvalue weighted by molar-refractivity contribution is 5.99. The van der Waals surface area contributed by atoms with E-state index in [-0.39, 0.29) is 12.5 Å². The SMILES string of the molecule is CCCC(CC(=O)O)Nc1cc(C)nc(C)c1C(N)=O. The van der Waals surface area contributed by atoms with E-state index < -0.39 is 11.9 Å². The van der Waals surface area contributed by atoms with E-state index in [0.29, 0.717) is 23.4 Å². The second-order valence-corrected chi connectivity index (χ2v) is 4.86. The number of nitrogens with zero attached hydrogens (tertiary/aromatic N) is 1. The van der Waals surface area contributed by atoms with Crippen LogP contribution in [0.2, 0.25) is 0 Å². The first-order chi connectivity index (χ1) is 9.35. The van der Waals surface area contributed by atoms with Crippen molar-refractivity contribution in [1.29, 1.82) is 0 Å². The van der Waals surface area contributed by atoms with Gasteiger partial charge < -0.3 is 16.2 Å². The summed E-state index contributed by atoms with van der Waals surface area (Å²) >= 11 is 0. The Balaban J connectivity index is 3.10. The maximum atomic E-state index is 11.5. The summed E-state index contributed by atoms with van der Waals surface area (Å²) < 4.78 is 0. The van der Waals surface area contributed by atoms with Crippen molar-refractivity contribution < 1.29 is 14.7 Å². The number of hydrogen-bond acceptors (Lipinski definition) is 4. The number of nitrogens with two attached hydrogens (primary N) is 1. The number of nitrogens with one attached hydrogen (secondary N) is 1. The van der Waals surface area contributed by atoms with Crippen LogP contribution in [0.5, 0.6) is 0 Å². The molecule has 1 atom stereocenters. The maximum Gasteiger partial charge on any atom is 0.305 e. The summed E-state index contributed by atoms with van der Waals surface area (Å²) in [6.07, 6.45) is 1.54. The summed E-state index contributed by atoms with van der Waals surface area (Å²) in [5.74, 6) is -1.44. The lowest BCUT2D eigenvalue weighted by atomic mass is 10.1. The summed E-state index contributed by atoms with van der Waals surface area (Å²) in [4.78, 5) is 26.6. The molecule has 1 amide bonds. The summed E-state index contributed by atoms with van der Waals surface area (Å²) in [6.45, 7) is 5.51. The first kappa shape index (κ1) is 15.9. The van der Waals surface area contributed by atoms with Crippen LogP contribution < -0.4 is 11.1 Å². The van der Waals surface area contributed by atoms with Crippen LogP contribution in [-0.4, -0.2) is 28.0 Å². The molecule has 0 aliphatic rings. The van der Waals surface area contributed by atoms with Crippen molar-refractivity contribution in [1.82, 2.24) is 4.98 Å². The Bertz CT molecular complexity index is 515. The third kappa shape index (κ3) is 4.22. The number of hydrogen-bond donors (Lipinski definition) is 3. The first-order valence-corrected chi connectivity index (χ1v) is 6.61. The van der Waals surface area contributed by atoms with Gasteiger partial charge in [0.1, 0.15) is 0 Å². The van der Waals surface area contributed by atoms with E-state index in [1.165, 1.54) is 0 Å². The van der Waals surface area contributed by atoms with E-state index in [1.807, 2.05) is 13.8 Å². The van der Waals surface area contributed by atoms with Crippen LogP contribution in [0.1, 0.15) is 47.9 Å². The molecule has 6 nitrogen and oxygen atoms in total. The van der Waals surface area contributed by atoms with E-state index in [0.717, 1.165) is 12.1 Å². The van der Waals surface area contributed by atoms with E-state index in [1.54, 1.807) is 13.0 Å². The number of amides is 1. The van der Waals surface area contributed by atoms with E-state index >= 15 is 0 Å². The standard InChI is InChI=1S/C14H21N3O3/c1-4-5-10(7-12(18)19)17-11-6-8(2)16-9(3)13(11)14(15)20/h6,10H,4-5,7H2,1-3H3,(H2,15,20)(H,16,17)(H,18,19). The average molecular weight is 279 g/mol. The predicted octanol–water partition coefficient (Wildman–Crippen LogP) is 1.85. The van der Waals surface area contributed by atoms with Gasteiger partial charge in [-0.2, -0.15) is 0 Å². The van der Waals surface area contributed by atoms with E-state index in [4.69, 9.17) is 10.8 Å². The fourth-order valence-electron chi connectivity index (χ4n) is 2.26. The minimum Gasteiger partial charge on any atom is -0.481 e. The van der Waals surface area contributed by atoms with Crippen molar-refractivity contribution in [2.75, 3.05) is 5.32 Å². The van der Waals surface area contributed by atoms with Crippen LogP contribution in [0.25, 0.3) is 0 Å². The zero-order valence-corrected chi connectivity index (χ0v) is 12.1. The van der Waals surface area contributed by atoms with Gasteiger partial charge in [0, 0.05) is 11.7 Å². The normalized spacial score (nSPS) is 11.9. The van der Waals surface area contributed by atoms with Gasteiger partial charge in [-0.3, -0.25) is 14.6 Å². The number of aromatic nitrogens is 1. The molecule has 0 saturated heterocycles. The molecule has 1 aromatic rings. The predicted molar refractivity (Wildman–Crippen MR) is 76.8 cm³/mol. The quantitative estimate of drug-likeness (QED) is 0.706. The van der Waals surface area contributed by atoms with Crippen LogP contribution in [0.15, 0.2) is 6.07 Å². The van der Waals surface area contributed by atoms with Crippen LogP contribution in [0, 0.1) is 13.8 Å². The van der Waals surface area contributed by atoms with Crippen molar-refractivity contribution in [3.63, 3.8) is 0 Å². The number of anilines is 1. The number of carbonyl (C=O) groups excluding carboxylic acids is 1. The molecule has 1 aromatic heterocycles. The molecule has 0 aliphatic heterocycles. The number of pyridine rings is 1. The van der Waals surface area contributed by atoms with E-state index in [9.17, 15) is 9.59 Å². The molecule has 0 aromatic carbocycles. The first-order valence-electron chi connectivity index (χ1n) is 6.61. The molecule has 20 heavy (non-hydrogen) atoms. The zero-order valence-electron chi connectivity index (χ0n) is 12.1. The number of rotatable bonds is 7. The lowest BCUT2D eigenvalue weighted by molar-refractivity contribution is -0.137. The van der Waals surface area contributed by atoms with Crippen molar-refractivity contribution >= 4 is 17.6 Å². The summed E-state index contributed by atoms with van der Waals surface area (Å²) in [5, 5.41) is 12.1. The Morgan fingerprint density at radius 3 is 2.60 bits per heavy atom. The summed E-state index contributed by atoms with van der Waals surface area (Å²) in [5.41, 5.74) is 7.56. The monoisotopic (exact) mass is 279 g/mol. The fraction of sp³-hybridized carbons (Fsp3) is 0.500. The summed E-state index contributed by atoms with van der Waals surface area (Å²) in [7, 11) is 0. The topological polar surface area (TPSA) is 105 Å². The minimum atomic E-state index is -0.876. The van der Waals surface area contributed by atoms with Gasteiger partial charge in [-0.05, 0) is 26.3 Å². The zero-order chi connectivity index (χ0) is 15.3. The van der Waals surface area contributed by atoms with Crippen molar-refractivity contribution in [2.24, 2.45) is 5.73 Å². The molecule has 0 saturated carbocycles. The number of aryl methyl sites for hydroxylation is 2. The lowest BCUT2D eigenvalue weighted by Gasteiger charge is -2.20. The highest BCUT2D eigenvalue weighted by Crippen LogP contribution is 2.22. The molecule has 1 heterocycles. The molecule has 6 heteroatoms. The minimum absolute atomic E-state index is 0.00748. The molecule has 1 unspecified atom stereocenters. The molecule has 0 spiro atoms. The van der Waals surface area contributed by atoms with Crippen LogP contribution >= 0.6 is 0 Å². The third-order valence-electron chi connectivity index (χ3n) is 2.99. The van der Waals surface area contributed by atoms with Gasteiger partial charge >= 0.3 is 5.97 Å². The smallest absolute Gasteiger partial charge is 0.305 e. The van der Waals surface area contributed by atoms with Crippen LogP contribution in [-0.2, 0) is 4.79 Å². The molecule has 0 aliphatic carbocycles. The molecule has 1 rings (SSSR count). The Morgan fingerprint density at radius 2 is 2.10 bits per heavy atom. The van der Waals surface area contributed by atoms with Gasteiger partial charge in [0.25, 0.3) is 5.91 Å². The van der Waals surface area contributed by atoms with Gasteiger partial charge in [-0.15, -0.1) is 0 Å². The second-order valence-electron chi connectivity index (χ2n) is 4.86. The van der Waals surface area contributed by atoms with Crippen molar-refractivity contribution in [3.05, 3.63) is 23.0 Å². The fourth-order valence-corrected chi connectivity index (χ4v) is 2.26. The van der Waals surface area contributed by atoms with Gasteiger partial charge in [0.05, 0.1) is 23.4 Å². The number of primary amides is 1. The average Bonchev–Trinajstić information content (AvgIpc) is 2.26. The third-order valence-corrected chi connectivity index (χ3v) is 2.99. The van der Waals surface area contributed by atoms with Gasteiger partial charge in [-0.1, -0.05) is 13.3 Å². The maximum absolute atomic E-state index is 11.5. The molecular formula is C14H21N3O3. The van der Waals surface area contributed by atoms with Gasteiger partial charge in [0.15, 0.2) is 0 Å².